The first-order chi connectivity index (χ1) is 12.2. The minimum absolute atomic E-state index is 0.204. The van der Waals surface area contributed by atoms with Crippen molar-refractivity contribution in [3.63, 3.8) is 0 Å². The topological polar surface area (TPSA) is 57.8 Å². The van der Waals surface area contributed by atoms with Crippen molar-refractivity contribution in [2.75, 3.05) is 5.32 Å². The van der Waals surface area contributed by atoms with Crippen molar-refractivity contribution >= 4 is 34.2 Å². The Kier molecular flexibility index (Phi) is 3.96. The molecule has 0 aliphatic rings. The number of nitrogens with one attached hydrogen (secondary N) is 2. The number of fused-ring (bicyclic) bond motifs is 1. The number of aromatic nitrogens is 2. The smallest absolute Gasteiger partial charge is 0.255 e. The monoisotopic (exact) mass is 347 g/mol. The third-order valence-corrected chi connectivity index (χ3v) is 4.26. The normalized spacial score (nSPS) is 10.8. The molecule has 3 aromatic carbocycles. The molecule has 0 fully saturated rings. The fourth-order valence-corrected chi connectivity index (χ4v) is 2.81. The first-order valence-corrected chi connectivity index (χ1v) is 8.19. The van der Waals surface area contributed by atoms with Gasteiger partial charge >= 0.3 is 0 Å². The second-order valence-corrected chi connectivity index (χ2v) is 6.02. The maximum atomic E-state index is 12.4. The van der Waals surface area contributed by atoms with E-state index in [0.717, 1.165) is 22.4 Å². The summed E-state index contributed by atoms with van der Waals surface area (Å²) < 4.78 is 0. The largest absolute Gasteiger partial charge is 0.338 e. The van der Waals surface area contributed by atoms with Crippen molar-refractivity contribution < 1.29 is 4.79 Å². The van der Waals surface area contributed by atoms with Crippen LogP contribution in [0, 0.1) is 0 Å². The summed E-state index contributed by atoms with van der Waals surface area (Å²) in [5.41, 5.74) is 3.97. The Hall–Kier alpha value is -3.11. The zero-order chi connectivity index (χ0) is 17.2. The highest BCUT2D eigenvalue weighted by Gasteiger charge is 2.10. The fourth-order valence-electron chi connectivity index (χ4n) is 2.63. The van der Waals surface area contributed by atoms with E-state index in [9.17, 15) is 4.79 Å². The quantitative estimate of drug-likeness (QED) is 0.539. The average Bonchev–Trinajstić information content (AvgIpc) is 3.08. The molecule has 2 N–H and O–H groups in total. The molecular formula is C20H14ClN3O. The number of hydrogen-bond acceptors (Lipinski definition) is 2. The highest BCUT2D eigenvalue weighted by molar-refractivity contribution is 6.33. The molecule has 1 heterocycles. The first kappa shape index (κ1) is 15.4. The number of anilines is 1. The van der Waals surface area contributed by atoms with Crippen LogP contribution in [-0.4, -0.2) is 15.9 Å². The van der Waals surface area contributed by atoms with E-state index in [4.69, 9.17) is 11.6 Å². The Morgan fingerprint density at radius 2 is 1.64 bits per heavy atom. The Morgan fingerprint density at radius 3 is 2.40 bits per heavy atom. The van der Waals surface area contributed by atoms with E-state index in [1.165, 1.54) is 0 Å². The molecule has 0 aliphatic carbocycles. The Bertz CT molecular complexity index is 1020. The summed E-state index contributed by atoms with van der Waals surface area (Å²) in [7, 11) is 0. The summed E-state index contributed by atoms with van der Waals surface area (Å²) in [6.07, 6.45) is 0. The van der Waals surface area contributed by atoms with E-state index in [-0.39, 0.29) is 5.91 Å². The molecule has 4 aromatic rings. The molecular weight excluding hydrogens is 334 g/mol. The van der Waals surface area contributed by atoms with Gasteiger partial charge in [-0.3, -0.25) is 4.79 Å². The number of aromatic amines is 1. The molecule has 0 spiro atoms. The predicted octanol–water partition coefficient (Wildman–Crippen LogP) is 5.14. The summed E-state index contributed by atoms with van der Waals surface area (Å²) >= 11 is 6.07. The molecule has 5 heteroatoms. The van der Waals surface area contributed by atoms with Gasteiger partial charge in [-0.2, -0.15) is 0 Å². The van der Waals surface area contributed by atoms with Gasteiger partial charge in [-0.15, -0.1) is 0 Å². The number of para-hydroxylation sites is 3. The number of rotatable bonds is 3. The van der Waals surface area contributed by atoms with Gasteiger partial charge in [-0.05, 0) is 36.4 Å². The lowest BCUT2D eigenvalue weighted by molar-refractivity contribution is 0.102. The lowest BCUT2D eigenvalue weighted by atomic mass is 10.1. The SMILES string of the molecule is O=C(Nc1ccccc1Cl)c1ccc(-c2nc3ccccc3[nH]2)cc1. The Labute approximate surface area is 149 Å². The highest BCUT2D eigenvalue weighted by Crippen LogP contribution is 2.23. The minimum atomic E-state index is -0.204. The molecule has 25 heavy (non-hydrogen) atoms. The number of hydrogen-bond donors (Lipinski definition) is 2. The van der Waals surface area contributed by atoms with E-state index in [1.807, 2.05) is 48.5 Å². The maximum Gasteiger partial charge on any atom is 0.255 e. The van der Waals surface area contributed by atoms with Crippen LogP contribution in [0.5, 0.6) is 0 Å². The highest BCUT2D eigenvalue weighted by atomic mass is 35.5. The molecule has 0 aliphatic heterocycles. The number of carbonyl (C=O) groups excluding carboxylic acids is 1. The number of carbonyl (C=O) groups is 1. The third kappa shape index (κ3) is 3.12. The van der Waals surface area contributed by atoms with Crippen LogP contribution in [0.15, 0.2) is 72.8 Å². The standard InChI is InChI=1S/C20H14ClN3O/c21-15-5-1-2-6-16(15)24-20(25)14-11-9-13(10-12-14)19-22-17-7-3-4-8-18(17)23-19/h1-12H,(H,22,23)(H,24,25). The van der Waals surface area contributed by atoms with Crippen molar-refractivity contribution in [2.24, 2.45) is 0 Å². The van der Waals surface area contributed by atoms with Crippen LogP contribution in [0.4, 0.5) is 5.69 Å². The van der Waals surface area contributed by atoms with Crippen LogP contribution in [0.3, 0.4) is 0 Å². The van der Waals surface area contributed by atoms with Crippen LogP contribution in [0.2, 0.25) is 5.02 Å². The van der Waals surface area contributed by atoms with Crippen LogP contribution >= 0.6 is 11.6 Å². The number of imidazole rings is 1. The molecule has 1 aromatic heterocycles. The zero-order valence-electron chi connectivity index (χ0n) is 13.2. The fraction of sp³-hybridized carbons (Fsp3) is 0. The van der Waals surface area contributed by atoms with E-state index in [1.54, 1.807) is 24.3 Å². The Morgan fingerprint density at radius 1 is 0.920 bits per heavy atom. The van der Waals surface area contributed by atoms with Gasteiger partial charge < -0.3 is 10.3 Å². The maximum absolute atomic E-state index is 12.4. The molecule has 0 saturated heterocycles. The van der Waals surface area contributed by atoms with Crippen molar-refractivity contribution in [1.82, 2.24) is 9.97 Å². The van der Waals surface area contributed by atoms with Gasteiger partial charge in [0.15, 0.2) is 0 Å². The van der Waals surface area contributed by atoms with Gasteiger partial charge in [0.2, 0.25) is 0 Å². The van der Waals surface area contributed by atoms with Crippen LogP contribution in [0.1, 0.15) is 10.4 Å². The van der Waals surface area contributed by atoms with Crippen LogP contribution in [-0.2, 0) is 0 Å². The van der Waals surface area contributed by atoms with E-state index >= 15 is 0 Å². The second kappa shape index (κ2) is 6.42. The van der Waals surface area contributed by atoms with Crippen LogP contribution < -0.4 is 5.32 Å². The summed E-state index contributed by atoms with van der Waals surface area (Å²) in [4.78, 5) is 20.2. The van der Waals surface area contributed by atoms with E-state index in [2.05, 4.69) is 15.3 Å². The van der Waals surface area contributed by atoms with Gasteiger partial charge in [0.05, 0.1) is 21.7 Å². The van der Waals surface area contributed by atoms with Crippen molar-refractivity contribution in [2.45, 2.75) is 0 Å². The number of amides is 1. The number of H-pyrrole nitrogens is 1. The summed E-state index contributed by atoms with van der Waals surface area (Å²) in [6, 6.07) is 22.3. The molecule has 0 unspecified atom stereocenters. The number of nitrogens with zero attached hydrogens (tertiary/aromatic N) is 1. The van der Waals surface area contributed by atoms with E-state index in [0.29, 0.717) is 16.3 Å². The molecule has 4 rings (SSSR count). The molecule has 122 valence electrons. The zero-order valence-corrected chi connectivity index (χ0v) is 13.9. The van der Waals surface area contributed by atoms with Gasteiger partial charge in [0.1, 0.15) is 5.82 Å². The van der Waals surface area contributed by atoms with Crippen LogP contribution in [0.25, 0.3) is 22.4 Å². The summed E-state index contributed by atoms with van der Waals surface area (Å²) in [5, 5.41) is 3.32. The lowest BCUT2D eigenvalue weighted by Crippen LogP contribution is -2.11. The van der Waals surface area contributed by atoms with E-state index < -0.39 is 0 Å². The average molecular weight is 348 g/mol. The van der Waals surface area contributed by atoms with Gasteiger partial charge in [0, 0.05) is 11.1 Å². The molecule has 4 nitrogen and oxygen atoms in total. The third-order valence-electron chi connectivity index (χ3n) is 3.93. The summed E-state index contributed by atoms with van der Waals surface area (Å²) in [6.45, 7) is 0. The van der Waals surface area contributed by atoms with Crippen molar-refractivity contribution in [3.8, 4) is 11.4 Å². The van der Waals surface area contributed by atoms with Crippen molar-refractivity contribution in [3.05, 3.63) is 83.4 Å². The van der Waals surface area contributed by atoms with Gasteiger partial charge in [-0.1, -0.05) is 48.0 Å². The molecule has 0 saturated carbocycles. The lowest BCUT2D eigenvalue weighted by Gasteiger charge is -2.07. The second-order valence-electron chi connectivity index (χ2n) is 5.61. The first-order valence-electron chi connectivity index (χ1n) is 7.82. The van der Waals surface area contributed by atoms with Crippen molar-refractivity contribution in [1.29, 1.82) is 0 Å². The predicted molar refractivity (Wildman–Crippen MR) is 101 cm³/mol. The Balaban J connectivity index is 1.57. The number of halogens is 1. The molecule has 0 radical (unpaired) electrons. The number of benzene rings is 3. The molecule has 0 bridgehead atoms. The molecule has 1 amide bonds. The van der Waals surface area contributed by atoms with Gasteiger partial charge in [-0.25, -0.2) is 4.98 Å². The summed E-state index contributed by atoms with van der Waals surface area (Å²) in [5.74, 6) is 0.573. The molecule has 0 atom stereocenters. The van der Waals surface area contributed by atoms with Gasteiger partial charge in [0.25, 0.3) is 5.91 Å². The minimum Gasteiger partial charge on any atom is -0.338 e.